The van der Waals surface area contributed by atoms with E-state index in [2.05, 4.69) is 18.2 Å². The monoisotopic (exact) mass is 217 g/mol. The second-order valence-electron chi connectivity index (χ2n) is 5.04. The Hall–Kier alpha value is -1.02. The Labute approximate surface area is 96.8 Å². The van der Waals surface area contributed by atoms with Crippen LogP contribution in [-0.2, 0) is 6.42 Å². The zero-order valence-corrected chi connectivity index (χ0v) is 9.61. The summed E-state index contributed by atoms with van der Waals surface area (Å²) in [6.07, 6.45) is 6.35. The summed E-state index contributed by atoms with van der Waals surface area (Å²) in [6, 6.07) is 6.72. The normalized spacial score (nSPS) is 21.8. The molecule has 0 spiro atoms. The maximum atomic E-state index is 6.35. The molecule has 1 aliphatic carbocycles. The third kappa shape index (κ3) is 1.71. The van der Waals surface area contributed by atoms with Gasteiger partial charge in [-0.15, -0.1) is 0 Å². The van der Waals surface area contributed by atoms with Crippen LogP contribution in [0.2, 0.25) is 0 Å². The van der Waals surface area contributed by atoms with Crippen LogP contribution in [0.3, 0.4) is 0 Å². The molecule has 1 atom stereocenters. The van der Waals surface area contributed by atoms with Gasteiger partial charge in [-0.1, -0.05) is 25.0 Å². The molecule has 86 valence electrons. The van der Waals surface area contributed by atoms with Gasteiger partial charge in [-0.25, -0.2) is 0 Å². The van der Waals surface area contributed by atoms with Crippen molar-refractivity contribution in [3.05, 3.63) is 29.3 Å². The van der Waals surface area contributed by atoms with Gasteiger partial charge in [0.2, 0.25) is 0 Å². The second-order valence-corrected chi connectivity index (χ2v) is 5.04. The smallest absolute Gasteiger partial charge is 0.122 e. The zero-order valence-electron chi connectivity index (χ0n) is 9.61. The molecule has 16 heavy (non-hydrogen) atoms. The first-order valence-corrected chi connectivity index (χ1v) is 6.36. The van der Waals surface area contributed by atoms with E-state index in [1.54, 1.807) is 0 Å². The Morgan fingerprint density at radius 1 is 1.25 bits per heavy atom. The Balaban J connectivity index is 1.83. The lowest BCUT2D eigenvalue weighted by Crippen LogP contribution is -2.19. The van der Waals surface area contributed by atoms with Gasteiger partial charge < -0.3 is 10.5 Å². The Morgan fingerprint density at radius 3 is 2.88 bits per heavy atom. The molecular weight excluding hydrogens is 198 g/mol. The van der Waals surface area contributed by atoms with Gasteiger partial charge in [0, 0.05) is 12.5 Å². The average Bonchev–Trinajstić information content (AvgIpc) is 2.98. The first kappa shape index (κ1) is 10.2. The summed E-state index contributed by atoms with van der Waals surface area (Å²) < 4.78 is 5.52. The van der Waals surface area contributed by atoms with E-state index in [4.69, 9.17) is 10.5 Å². The first-order chi connectivity index (χ1) is 7.84. The minimum Gasteiger partial charge on any atom is -0.493 e. The third-order valence-electron chi connectivity index (χ3n) is 4.01. The summed E-state index contributed by atoms with van der Waals surface area (Å²) in [7, 11) is 0. The van der Waals surface area contributed by atoms with Gasteiger partial charge >= 0.3 is 0 Å². The average molecular weight is 217 g/mol. The summed E-state index contributed by atoms with van der Waals surface area (Å²) >= 11 is 0. The molecular formula is C14H19NO. The fourth-order valence-electron chi connectivity index (χ4n) is 3.00. The lowest BCUT2D eigenvalue weighted by molar-refractivity contribution is 0.356. The van der Waals surface area contributed by atoms with Gasteiger partial charge in [-0.3, -0.25) is 0 Å². The van der Waals surface area contributed by atoms with Crippen LogP contribution in [-0.4, -0.2) is 6.61 Å². The Morgan fingerprint density at radius 2 is 2.06 bits per heavy atom. The topological polar surface area (TPSA) is 35.2 Å². The molecule has 0 saturated heterocycles. The minimum atomic E-state index is 0.230. The second kappa shape index (κ2) is 4.10. The number of fused-ring (bicyclic) bond motifs is 1. The highest BCUT2D eigenvalue weighted by Gasteiger charge is 2.24. The van der Waals surface area contributed by atoms with Crippen LogP contribution in [0.25, 0.3) is 0 Å². The molecule has 2 aliphatic rings. The van der Waals surface area contributed by atoms with Crippen molar-refractivity contribution in [2.24, 2.45) is 11.7 Å². The van der Waals surface area contributed by atoms with Crippen molar-refractivity contribution in [2.75, 3.05) is 6.61 Å². The van der Waals surface area contributed by atoms with Crippen LogP contribution in [0.15, 0.2) is 18.2 Å². The van der Waals surface area contributed by atoms with Gasteiger partial charge in [0.1, 0.15) is 5.75 Å². The summed E-state index contributed by atoms with van der Waals surface area (Å²) in [6.45, 7) is 0.831. The molecule has 1 heterocycles. The summed E-state index contributed by atoms with van der Waals surface area (Å²) in [4.78, 5) is 0. The number of nitrogens with two attached hydrogens (primary N) is 1. The van der Waals surface area contributed by atoms with Crippen molar-refractivity contribution in [1.29, 1.82) is 0 Å². The van der Waals surface area contributed by atoms with E-state index in [1.807, 2.05) is 0 Å². The van der Waals surface area contributed by atoms with Crippen molar-refractivity contribution >= 4 is 0 Å². The number of rotatable bonds is 2. The summed E-state index contributed by atoms with van der Waals surface area (Å²) in [5.74, 6) is 1.75. The van der Waals surface area contributed by atoms with Crippen LogP contribution in [0.1, 0.15) is 42.9 Å². The predicted octanol–water partition coefficient (Wildman–Crippen LogP) is 2.81. The number of hydrogen-bond acceptors (Lipinski definition) is 2. The van der Waals surface area contributed by atoms with E-state index in [0.717, 1.165) is 18.8 Å². The molecule has 3 rings (SSSR count). The van der Waals surface area contributed by atoms with Crippen molar-refractivity contribution in [2.45, 2.75) is 38.1 Å². The first-order valence-electron chi connectivity index (χ1n) is 6.36. The Bertz CT molecular complexity index is 382. The molecule has 0 radical (unpaired) electrons. The van der Waals surface area contributed by atoms with Gasteiger partial charge in [-0.2, -0.15) is 0 Å². The molecule has 2 heteroatoms. The van der Waals surface area contributed by atoms with E-state index in [-0.39, 0.29) is 6.04 Å². The van der Waals surface area contributed by atoms with Crippen molar-refractivity contribution in [1.82, 2.24) is 0 Å². The predicted molar refractivity (Wildman–Crippen MR) is 64.5 cm³/mol. The molecule has 1 unspecified atom stereocenters. The van der Waals surface area contributed by atoms with Gasteiger partial charge in [0.15, 0.2) is 0 Å². The highest BCUT2D eigenvalue weighted by molar-refractivity contribution is 5.40. The fourth-order valence-corrected chi connectivity index (χ4v) is 3.00. The van der Waals surface area contributed by atoms with E-state index in [0.29, 0.717) is 5.92 Å². The van der Waals surface area contributed by atoms with Crippen LogP contribution < -0.4 is 10.5 Å². The van der Waals surface area contributed by atoms with Gasteiger partial charge in [0.25, 0.3) is 0 Å². The molecule has 1 aromatic carbocycles. The molecule has 0 bridgehead atoms. The van der Waals surface area contributed by atoms with Crippen LogP contribution >= 0.6 is 0 Å². The molecule has 2 nitrogen and oxygen atoms in total. The largest absolute Gasteiger partial charge is 0.493 e. The van der Waals surface area contributed by atoms with E-state index >= 15 is 0 Å². The summed E-state index contributed by atoms with van der Waals surface area (Å²) in [5, 5.41) is 0. The van der Waals surface area contributed by atoms with E-state index in [1.165, 1.54) is 36.8 Å². The van der Waals surface area contributed by atoms with Crippen molar-refractivity contribution < 1.29 is 4.74 Å². The fraction of sp³-hybridized carbons (Fsp3) is 0.571. The standard InChI is InChI=1S/C14H19NO/c15-14(10-3-1-2-4-10)12-5-6-13-11(9-12)7-8-16-13/h5-6,9-10,14H,1-4,7-8,15H2. The van der Waals surface area contributed by atoms with Crippen LogP contribution in [0, 0.1) is 5.92 Å². The minimum absolute atomic E-state index is 0.230. The number of hydrogen-bond donors (Lipinski definition) is 1. The lowest BCUT2D eigenvalue weighted by Gasteiger charge is -2.19. The quantitative estimate of drug-likeness (QED) is 0.826. The molecule has 1 aliphatic heterocycles. The Kier molecular flexibility index (Phi) is 2.60. The molecule has 2 N–H and O–H groups in total. The SMILES string of the molecule is NC(c1ccc2c(c1)CCO2)C1CCCC1. The van der Waals surface area contributed by atoms with E-state index in [9.17, 15) is 0 Å². The van der Waals surface area contributed by atoms with Crippen LogP contribution in [0.5, 0.6) is 5.75 Å². The third-order valence-corrected chi connectivity index (χ3v) is 4.01. The maximum absolute atomic E-state index is 6.35. The van der Waals surface area contributed by atoms with Gasteiger partial charge in [0.05, 0.1) is 6.61 Å². The van der Waals surface area contributed by atoms with Gasteiger partial charge in [-0.05, 0) is 36.0 Å². The number of benzene rings is 1. The molecule has 1 fully saturated rings. The molecule has 1 saturated carbocycles. The molecule has 1 aromatic rings. The lowest BCUT2D eigenvalue weighted by atomic mass is 9.91. The van der Waals surface area contributed by atoms with Crippen molar-refractivity contribution in [3.8, 4) is 5.75 Å². The van der Waals surface area contributed by atoms with Crippen LogP contribution in [0.4, 0.5) is 0 Å². The van der Waals surface area contributed by atoms with E-state index < -0.39 is 0 Å². The maximum Gasteiger partial charge on any atom is 0.122 e. The highest BCUT2D eigenvalue weighted by atomic mass is 16.5. The number of ether oxygens (including phenoxy) is 1. The molecule has 0 aromatic heterocycles. The molecule has 0 amide bonds. The highest BCUT2D eigenvalue weighted by Crippen LogP contribution is 2.36. The van der Waals surface area contributed by atoms with Crippen molar-refractivity contribution in [3.63, 3.8) is 0 Å². The summed E-state index contributed by atoms with van der Waals surface area (Å²) in [5.41, 5.74) is 8.99. The zero-order chi connectivity index (χ0) is 11.0.